The van der Waals surface area contributed by atoms with Crippen molar-refractivity contribution in [1.82, 2.24) is 9.80 Å². The third-order valence-corrected chi connectivity index (χ3v) is 7.04. The van der Waals surface area contributed by atoms with E-state index in [1.165, 1.54) is 12.1 Å². The largest absolute Gasteiger partial charge is 0.438 e. The number of ether oxygens (including phenoxy) is 1. The average molecular weight is 493 g/mol. The number of amides is 1. The van der Waals surface area contributed by atoms with Crippen molar-refractivity contribution in [3.63, 3.8) is 0 Å². The summed E-state index contributed by atoms with van der Waals surface area (Å²) < 4.78 is 34.2. The van der Waals surface area contributed by atoms with Crippen molar-refractivity contribution < 1.29 is 18.3 Å². The highest BCUT2D eigenvalue weighted by molar-refractivity contribution is 9.10. The van der Waals surface area contributed by atoms with Crippen LogP contribution >= 0.6 is 15.9 Å². The molecule has 0 saturated carbocycles. The number of carbonyl (C=O) groups excluding carboxylic acids is 1. The van der Waals surface area contributed by atoms with Crippen molar-refractivity contribution in [3.05, 3.63) is 69.9 Å². The van der Waals surface area contributed by atoms with Gasteiger partial charge in [0.05, 0.1) is 6.04 Å². The quantitative estimate of drug-likeness (QED) is 0.509. The molecule has 0 spiro atoms. The first-order valence-corrected chi connectivity index (χ1v) is 11.5. The molecule has 1 amide bonds. The molecule has 0 N–H and O–H groups in total. The summed E-state index contributed by atoms with van der Waals surface area (Å²) in [6, 6.07) is 13.9. The highest BCUT2D eigenvalue weighted by atomic mass is 79.9. The van der Waals surface area contributed by atoms with Gasteiger partial charge in [0, 0.05) is 43.5 Å². The molecule has 0 bridgehead atoms. The number of halogens is 3. The Labute approximate surface area is 190 Å². The van der Waals surface area contributed by atoms with Crippen LogP contribution in [0.5, 0.6) is 0 Å². The first kappa shape index (κ1) is 22.2. The third-order valence-electron chi connectivity index (χ3n) is 6.51. The second-order valence-electron chi connectivity index (χ2n) is 8.48. The lowest BCUT2D eigenvalue weighted by Gasteiger charge is -2.44. The van der Waals surface area contributed by atoms with E-state index in [9.17, 15) is 13.6 Å². The fourth-order valence-electron chi connectivity index (χ4n) is 4.55. The second kappa shape index (κ2) is 9.25. The average Bonchev–Trinajstić information content (AvgIpc) is 3.18. The maximum Gasteiger partial charge on any atom is 0.411 e. The highest BCUT2D eigenvalue weighted by Crippen LogP contribution is 2.40. The predicted molar refractivity (Wildman–Crippen MR) is 119 cm³/mol. The van der Waals surface area contributed by atoms with Gasteiger partial charge in [0.1, 0.15) is 17.6 Å². The van der Waals surface area contributed by atoms with E-state index < -0.39 is 11.8 Å². The SMILES string of the molecule is C[C@@H](c1ccc(Br)cc1)N1CC[C@](CCN2CC[C@@H](F)C2)(c2ccc(F)cc2)OC1=O. The molecule has 0 aromatic heterocycles. The van der Waals surface area contributed by atoms with Crippen LogP contribution in [0.15, 0.2) is 53.0 Å². The van der Waals surface area contributed by atoms with Crippen LogP contribution in [0, 0.1) is 5.82 Å². The van der Waals surface area contributed by atoms with Gasteiger partial charge in [0.2, 0.25) is 0 Å². The second-order valence-corrected chi connectivity index (χ2v) is 9.39. The number of benzene rings is 2. The zero-order valence-electron chi connectivity index (χ0n) is 17.6. The predicted octanol–water partition coefficient (Wildman–Crippen LogP) is 5.82. The Morgan fingerprint density at radius 2 is 1.87 bits per heavy atom. The first-order chi connectivity index (χ1) is 14.9. The first-order valence-electron chi connectivity index (χ1n) is 10.7. The fraction of sp³-hybridized carbons (Fsp3) is 0.458. The molecule has 31 heavy (non-hydrogen) atoms. The van der Waals surface area contributed by atoms with Crippen molar-refractivity contribution in [1.29, 1.82) is 0 Å². The lowest BCUT2D eigenvalue weighted by Crippen LogP contribution is -2.49. The minimum Gasteiger partial charge on any atom is -0.438 e. The maximum absolute atomic E-state index is 13.6. The number of alkyl halides is 1. The van der Waals surface area contributed by atoms with E-state index in [1.54, 1.807) is 17.0 Å². The van der Waals surface area contributed by atoms with E-state index in [4.69, 9.17) is 4.74 Å². The number of rotatable bonds is 6. The summed E-state index contributed by atoms with van der Waals surface area (Å²) in [6.07, 6.45) is 0.520. The summed E-state index contributed by atoms with van der Waals surface area (Å²) in [5.41, 5.74) is 0.976. The van der Waals surface area contributed by atoms with E-state index in [-0.39, 0.29) is 18.0 Å². The molecule has 2 saturated heterocycles. The molecule has 0 unspecified atom stereocenters. The van der Waals surface area contributed by atoms with Crippen LogP contribution < -0.4 is 0 Å². The summed E-state index contributed by atoms with van der Waals surface area (Å²) in [6.45, 7) is 4.27. The van der Waals surface area contributed by atoms with Gasteiger partial charge >= 0.3 is 6.09 Å². The Kier molecular flexibility index (Phi) is 6.63. The van der Waals surface area contributed by atoms with Crippen LogP contribution in [0.2, 0.25) is 0 Å². The van der Waals surface area contributed by atoms with Gasteiger partial charge in [0.15, 0.2) is 0 Å². The van der Waals surface area contributed by atoms with E-state index >= 15 is 0 Å². The van der Waals surface area contributed by atoms with Crippen LogP contribution in [-0.4, -0.2) is 48.2 Å². The standard InChI is InChI=1S/C24H27BrF2N2O2/c1-17(18-2-6-20(25)7-3-18)29-15-12-24(31-23(29)30,19-4-8-21(26)9-5-19)11-14-28-13-10-22(27)16-28/h2-9,17,22H,10-16H2,1H3/t17-,22+,24+/m0/s1. The number of nitrogens with zero attached hydrogens (tertiary/aromatic N) is 2. The molecule has 2 heterocycles. The number of hydrogen-bond donors (Lipinski definition) is 0. The molecule has 2 aliphatic rings. The van der Waals surface area contributed by atoms with Crippen LogP contribution in [0.4, 0.5) is 13.6 Å². The lowest BCUT2D eigenvalue weighted by atomic mass is 9.85. The number of likely N-dealkylation sites (tertiary alicyclic amines) is 1. The van der Waals surface area contributed by atoms with Crippen LogP contribution in [0.1, 0.15) is 43.4 Å². The monoisotopic (exact) mass is 492 g/mol. The minimum absolute atomic E-state index is 0.127. The molecule has 166 valence electrons. The summed E-state index contributed by atoms with van der Waals surface area (Å²) >= 11 is 3.44. The van der Waals surface area contributed by atoms with Gasteiger partial charge in [-0.1, -0.05) is 40.2 Å². The van der Waals surface area contributed by atoms with Crippen LogP contribution in [0.25, 0.3) is 0 Å². The van der Waals surface area contributed by atoms with E-state index in [2.05, 4.69) is 20.8 Å². The topological polar surface area (TPSA) is 32.8 Å². The smallest absolute Gasteiger partial charge is 0.411 e. The molecular formula is C24H27BrF2N2O2. The minimum atomic E-state index is -0.838. The summed E-state index contributed by atoms with van der Waals surface area (Å²) in [5, 5.41) is 0. The fourth-order valence-corrected chi connectivity index (χ4v) is 4.81. The van der Waals surface area contributed by atoms with Crippen LogP contribution in [-0.2, 0) is 10.3 Å². The number of hydrogen-bond acceptors (Lipinski definition) is 3. The molecule has 2 aromatic carbocycles. The number of cyclic esters (lactones) is 1. The summed E-state index contributed by atoms with van der Waals surface area (Å²) in [4.78, 5) is 16.9. The Morgan fingerprint density at radius 3 is 2.48 bits per heavy atom. The molecule has 3 atom stereocenters. The van der Waals surface area contributed by atoms with Crippen molar-refractivity contribution in [2.45, 2.75) is 44.0 Å². The van der Waals surface area contributed by atoms with Gasteiger partial charge < -0.3 is 14.5 Å². The molecule has 7 heteroatoms. The normalized spacial score (nSPS) is 25.5. The van der Waals surface area contributed by atoms with Gasteiger partial charge in [-0.3, -0.25) is 0 Å². The van der Waals surface area contributed by atoms with E-state index in [0.717, 1.165) is 15.6 Å². The molecule has 0 aliphatic carbocycles. The molecule has 2 aromatic rings. The zero-order chi connectivity index (χ0) is 22.0. The van der Waals surface area contributed by atoms with Crippen molar-refractivity contribution in [2.24, 2.45) is 0 Å². The third kappa shape index (κ3) is 4.93. The van der Waals surface area contributed by atoms with Crippen molar-refractivity contribution in [2.75, 3.05) is 26.2 Å². The van der Waals surface area contributed by atoms with Gasteiger partial charge in [-0.2, -0.15) is 0 Å². The molecule has 2 aliphatic heterocycles. The Balaban J connectivity index is 1.53. The number of carbonyl (C=O) groups is 1. The van der Waals surface area contributed by atoms with Crippen molar-refractivity contribution in [3.8, 4) is 0 Å². The summed E-state index contributed by atoms with van der Waals surface area (Å²) in [5.74, 6) is -0.327. The van der Waals surface area contributed by atoms with Gasteiger partial charge in [-0.15, -0.1) is 0 Å². The van der Waals surface area contributed by atoms with E-state index in [0.29, 0.717) is 45.4 Å². The summed E-state index contributed by atoms with van der Waals surface area (Å²) in [7, 11) is 0. The maximum atomic E-state index is 13.6. The Morgan fingerprint density at radius 1 is 1.16 bits per heavy atom. The molecule has 4 nitrogen and oxygen atoms in total. The zero-order valence-corrected chi connectivity index (χ0v) is 19.2. The van der Waals surface area contributed by atoms with Crippen LogP contribution in [0.3, 0.4) is 0 Å². The highest BCUT2D eigenvalue weighted by Gasteiger charge is 2.44. The molecule has 0 radical (unpaired) electrons. The molecule has 4 rings (SSSR count). The van der Waals surface area contributed by atoms with Gasteiger partial charge in [-0.05, 0) is 48.7 Å². The van der Waals surface area contributed by atoms with Crippen molar-refractivity contribution >= 4 is 22.0 Å². The Hall–Kier alpha value is -1.99. The van der Waals surface area contributed by atoms with E-state index in [1.807, 2.05) is 31.2 Å². The Bertz CT molecular complexity index is 909. The lowest BCUT2D eigenvalue weighted by molar-refractivity contribution is -0.0687. The molecular weight excluding hydrogens is 466 g/mol. The molecule has 2 fully saturated rings. The van der Waals surface area contributed by atoms with Gasteiger partial charge in [0.25, 0.3) is 0 Å². The van der Waals surface area contributed by atoms with Gasteiger partial charge in [-0.25, -0.2) is 13.6 Å².